The van der Waals surface area contributed by atoms with E-state index in [-0.39, 0.29) is 17.5 Å². The fourth-order valence-corrected chi connectivity index (χ4v) is 5.34. The zero-order chi connectivity index (χ0) is 26.3. The number of pyridine rings is 1. The van der Waals surface area contributed by atoms with Gasteiger partial charge >= 0.3 is 0 Å². The maximum Gasteiger partial charge on any atom is 0.273 e. The van der Waals surface area contributed by atoms with Crippen molar-refractivity contribution in [3.63, 3.8) is 0 Å². The summed E-state index contributed by atoms with van der Waals surface area (Å²) in [6.45, 7) is 3.90. The van der Waals surface area contributed by atoms with Gasteiger partial charge in [-0.15, -0.1) is 0 Å². The molecule has 37 heavy (non-hydrogen) atoms. The first-order chi connectivity index (χ1) is 17.8. The first-order valence-corrected chi connectivity index (χ1v) is 12.0. The molecule has 8 nitrogen and oxygen atoms in total. The maximum atomic E-state index is 15.1. The van der Waals surface area contributed by atoms with Crippen LogP contribution >= 0.6 is 12.2 Å². The third kappa shape index (κ3) is 4.19. The molecule has 0 radical (unpaired) electrons. The molecule has 1 N–H and O–H groups in total. The number of aryl methyl sites for hydroxylation is 1. The van der Waals surface area contributed by atoms with E-state index in [1.165, 1.54) is 25.3 Å². The molecular formula is C27H24FN5O3S. The Balaban J connectivity index is 1.70. The second-order valence-corrected chi connectivity index (χ2v) is 9.11. The van der Waals surface area contributed by atoms with Gasteiger partial charge in [0, 0.05) is 23.7 Å². The molecule has 2 atom stereocenters. The molecule has 4 aromatic rings. The molecule has 5 rings (SSSR count). The number of para-hydroxylation sites is 1. The smallest absolute Gasteiger partial charge is 0.273 e. The van der Waals surface area contributed by atoms with Crippen molar-refractivity contribution >= 4 is 28.7 Å². The van der Waals surface area contributed by atoms with Crippen molar-refractivity contribution in [1.82, 2.24) is 14.9 Å². The average Bonchev–Trinajstić information content (AvgIpc) is 3.39. The number of ether oxygens (including phenoxy) is 1. The minimum atomic E-state index is -0.456. The van der Waals surface area contributed by atoms with Gasteiger partial charge in [-0.05, 0) is 68.0 Å². The Kier molecular flexibility index (Phi) is 6.34. The van der Waals surface area contributed by atoms with Crippen LogP contribution in [0.3, 0.4) is 0 Å². The molecule has 2 aromatic carbocycles. The van der Waals surface area contributed by atoms with E-state index in [0.29, 0.717) is 22.2 Å². The molecule has 0 bridgehead atoms. The van der Waals surface area contributed by atoms with Crippen LogP contribution < -0.4 is 15.0 Å². The van der Waals surface area contributed by atoms with E-state index >= 15 is 4.39 Å². The van der Waals surface area contributed by atoms with Gasteiger partial charge in [-0.25, -0.2) is 4.39 Å². The number of nitro groups is 1. The van der Waals surface area contributed by atoms with E-state index in [1.54, 1.807) is 35.4 Å². The van der Waals surface area contributed by atoms with E-state index in [1.807, 2.05) is 42.7 Å². The summed E-state index contributed by atoms with van der Waals surface area (Å²) in [6, 6.07) is 18.0. The number of benzene rings is 2. The van der Waals surface area contributed by atoms with Crippen molar-refractivity contribution in [2.45, 2.75) is 25.9 Å². The number of anilines is 1. The minimum Gasteiger partial charge on any atom is -0.494 e. The summed E-state index contributed by atoms with van der Waals surface area (Å²) in [7, 11) is 1.48. The second kappa shape index (κ2) is 9.62. The predicted molar refractivity (Wildman–Crippen MR) is 143 cm³/mol. The average molecular weight is 518 g/mol. The highest BCUT2D eigenvalue weighted by Gasteiger charge is 2.43. The van der Waals surface area contributed by atoms with Crippen molar-refractivity contribution in [3.8, 4) is 11.4 Å². The van der Waals surface area contributed by atoms with Crippen molar-refractivity contribution in [1.29, 1.82) is 0 Å². The standard InChI is InChI=1S/C27H24FN5O3S/c1-16-14-19(17(2)31(16)23-12-11-18(33(34)35)15-24(23)36-3)26-25(21-9-6-7-13-29-21)30-27(37)32(26)22-10-5-4-8-20(22)28/h4-15,25-26H,1-3H3,(H,30,37)/t25-,26-/m0/s1. The Hall–Kier alpha value is -4.31. The highest BCUT2D eigenvalue weighted by Crippen LogP contribution is 2.45. The van der Waals surface area contributed by atoms with Crippen LogP contribution in [0.15, 0.2) is 72.9 Å². The summed E-state index contributed by atoms with van der Waals surface area (Å²) in [5.74, 6) is -0.0148. The van der Waals surface area contributed by atoms with Gasteiger partial charge in [0.1, 0.15) is 11.6 Å². The van der Waals surface area contributed by atoms with Gasteiger partial charge in [0.25, 0.3) is 5.69 Å². The lowest BCUT2D eigenvalue weighted by Gasteiger charge is -2.28. The second-order valence-electron chi connectivity index (χ2n) is 8.72. The number of non-ortho nitro benzene ring substituents is 1. The number of halogens is 1. The largest absolute Gasteiger partial charge is 0.494 e. The molecule has 0 spiro atoms. The Morgan fingerprint density at radius 2 is 1.84 bits per heavy atom. The number of hydrogen-bond acceptors (Lipinski definition) is 5. The Bertz CT molecular complexity index is 1510. The van der Waals surface area contributed by atoms with Crippen molar-refractivity contribution in [2.75, 3.05) is 12.0 Å². The Morgan fingerprint density at radius 1 is 1.08 bits per heavy atom. The van der Waals surface area contributed by atoms with Crippen LogP contribution in [0.4, 0.5) is 15.8 Å². The number of nitrogens with zero attached hydrogens (tertiary/aromatic N) is 4. The highest BCUT2D eigenvalue weighted by atomic mass is 32.1. The molecule has 1 saturated heterocycles. The lowest BCUT2D eigenvalue weighted by Crippen LogP contribution is -2.30. The Labute approximate surface area is 218 Å². The first kappa shape index (κ1) is 24.4. The normalized spacial score (nSPS) is 17.1. The number of thiocarbonyl (C=S) groups is 1. The first-order valence-electron chi connectivity index (χ1n) is 11.6. The molecule has 0 unspecified atom stereocenters. The predicted octanol–water partition coefficient (Wildman–Crippen LogP) is 5.72. The number of aromatic nitrogens is 2. The van der Waals surface area contributed by atoms with Crippen molar-refractivity contribution < 1.29 is 14.1 Å². The number of rotatable bonds is 6. The van der Waals surface area contributed by atoms with Crippen LogP contribution in [-0.4, -0.2) is 26.7 Å². The van der Waals surface area contributed by atoms with Crippen LogP contribution in [0, 0.1) is 29.8 Å². The van der Waals surface area contributed by atoms with Crippen LogP contribution in [0.2, 0.25) is 0 Å². The third-order valence-corrected chi connectivity index (χ3v) is 6.93. The summed E-state index contributed by atoms with van der Waals surface area (Å²) in [5, 5.41) is 15.1. The zero-order valence-electron chi connectivity index (χ0n) is 20.4. The van der Waals surface area contributed by atoms with Crippen LogP contribution in [0.25, 0.3) is 5.69 Å². The molecule has 0 saturated carbocycles. The lowest BCUT2D eigenvalue weighted by molar-refractivity contribution is -0.384. The molecule has 1 fully saturated rings. The van der Waals surface area contributed by atoms with Crippen LogP contribution in [0.1, 0.15) is 34.7 Å². The van der Waals surface area contributed by atoms with E-state index in [0.717, 1.165) is 22.6 Å². The molecule has 3 heterocycles. The topological polar surface area (TPSA) is 85.5 Å². The number of hydrogen-bond donors (Lipinski definition) is 1. The van der Waals surface area contributed by atoms with E-state index in [9.17, 15) is 10.1 Å². The lowest BCUT2D eigenvalue weighted by atomic mass is 9.96. The van der Waals surface area contributed by atoms with E-state index < -0.39 is 11.0 Å². The van der Waals surface area contributed by atoms with Gasteiger partial charge in [0.2, 0.25) is 0 Å². The van der Waals surface area contributed by atoms with Gasteiger partial charge in [-0.2, -0.15) is 0 Å². The van der Waals surface area contributed by atoms with E-state index in [4.69, 9.17) is 17.0 Å². The SMILES string of the molecule is COc1cc([N+](=O)[O-])ccc1-n1c(C)cc([C@H]2[C@H](c3ccccn3)NC(=S)N2c2ccccc2F)c1C. The van der Waals surface area contributed by atoms with Gasteiger partial charge in [0.05, 0.1) is 47.3 Å². The Morgan fingerprint density at radius 3 is 2.51 bits per heavy atom. The molecule has 188 valence electrons. The summed E-state index contributed by atoms with van der Waals surface area (Å²) >= 11 is 5.72. The van der Waals surface area contributed by atoms with Crippen molar-refractivity contribution in [2.24, 2.45) is 0 Å². The summed E-state index contributed by atoms with van der Waals surface area (Å²) in [5.41, 5.74) is 4.38. The van der Waals surface area contributed by atoms with Crippen molar-refractivity contribution in [3.05, 3.63) is 112 Å². The molecule has 1 aliphatic rings. The minimum absolute atomic E-state index is 0.0606. The van der Waals surface area contributed by atoms with Gasteiger partial charge in [-0.3, -0.25) is 15.1 Å². The van der Waals surface area contributed by atoms with Gasteiger partial charge in [0.15, 0.2) is 5.11 Å². The van der Waals surface area contributed by atoms with E-state index in [2.05, 4.69) is 10.3 Å². The van der Waals surface area contributed by atoms with Gasteiger partial charge in [-0.1, -0.05) is 18.2 Å². The van der Waals surface area contributed by atoms with Crippen LogP contribution in [-0.2, 0) is 0 Å². The maximum absolute atomic E-state index is 15.1. The summed E-state index contributed by atoms with van der Waals surface area (Å²) in [4.78, 5) is 17.2. The summed E-state index contributed by atoms with van der Waals surface area (Å²) < 4.78 is 22.6. The monoisotopic (exact) mass is 517 g/mol. The molecule has 10 heteroatoms. The zero-order valence-corrected chi connectivity index (χ0v) is 21.2. The molecule has 0 aliphatic carbocycles. The number of methoxy groups -OCH3 is 1. The third-order valence-electron chi connectivity index (χ3n) is 6.61. The number of nitrogens with one attached hydrogen (secondary N) is 1. The summed E-state index contributed by atoms with van der Waals surface area (Å²) in [6.07, 6.45) is 1.72. The molecular weight excluding hydrogens is 493 g/mol. The fourth-order valence-electron chi connectivity index (χ4n) is 5.00. The number of nitro benzene ring substituents is 1. The molecule has 2 aromatic heterocycles. The molecule has 1 aliphatic heterocycles. The fraction of sp³-hybridized carbons (Fsp3) is 0.185. The molecule has 0 amide bonds. The quantitative estimate of drug-likeness (QED) is 0.199. The van der Waals surface area contributed by atoms with Crippen LogP contribution in [0.5, 0.6) is 5.75 Å². The highest BCUT2D eigenvalue weighted by molar-refractivity contribution is 7.80. The van der Waals surface area contributed by atoms with Gasteiger partial charge < -0.3 is 19.5 Å².